The lowest BCUT2D eigenvalue weighted by molar-refractivity contribution is 0.331. The number of nitrogens with two attached hydrogens (primary N) is 3. The number of hydrogen-bond acceptors (Lipinski definition) is 5. The summed E-state index contributed by atoms with van der Waals surface area (Å²) in [6.45, 7) is 0.0222. The lowest BCUT2D eigenvalue weighted by Crippen LogP contribution is -2.09. The van der Waals surface area contributed by atoms with Crippen molar-refractivity contribution in [3.63, 3.8) is 0 Å². The van der Waals surface area contributed by atoms with Crippen molar-refractivity contribution in [3.8, 4) is 11.5 Å². The van der Waals surface area contributed by atoms with Crippen molar-refractivity contribution in [2.24, 2.45) is 5.73 Å². The van der Waals surface area contributed by atoms with Gasteiger partial charge in [-0.05, 0) is 12.1 Å². The number of rotatable bonds is 2. The van der Waals surface area contributed by atoms with Crippen LogP contribution in [0.5, 0.6) is 11.5 Å². The van der Waals surface area contributed by atoms with Crippen molar-refractivity contribution in [2.45, 2.75) is 0 Å². The van der Waals surface area contributed by atoms with Crippen molar-refractivity contribution in [1.29, 1.82) is 0 Å². The number of ether oxygens (including phenoxy) is 1. The molecule has 0 saturated heterocycles. The molecule has 0 heterocycles. The van der Waals surface area contributed by atoms with Gasteiger partial charge in [-0.15, -0.1) is 0 Å². The molecule has 0 bridgehead atoms. The van der Waals surface area contributed by atoms with Gasteiger partial charge in [0.1, 0.15) is 29.6 Å². The molecule has 0 spiro atoms. The van der Waals surface area contributed by atoms with Crippen LogP contribution in [0.1, 0.15) is 0 Å². The van der Waals surface area contributed by atoms with Crippen molar-refractivity contribution in [3.05, 3.63) is 12.1 Å². The van der Waals surface area contributed by atoms with E-state index in [-0.39, 0.29) is 23.9 Å². The number of benzene rings is 1. The lowest BCUT2D eigenvalue weighted by Gasteiger charge is -2.09. The predicted molar refractivity (Wildman–Crippen MR) is 46.6 cm³/mol. The van der Waals surface area contributed by atoms with E-state index in [0.717, 1.165) is 0 Å². The molecule has 0 saturated carbocycles. The van der Waals surface area contributed by atoms with Crippen LogP contribution in [-0.4, -0.2) is 11.8 Å². The zero-order chi connectivity index (χ0) is 9.14. The number of phenolic OH excluding ortho intramolecular Hbond substituents is 1. The van der Waals surface area contributed by atoms with Crippen LogP contribution in [0.25, 0.3) is 0 Å². The summed E-state index contributed by atoms with van der Waals surface area (Å²) in [7, 11) is 0. The number of hydrogen-bond donors (Lipinski definition) is 4. The van der Waals surface area contributed by atoms with E-state index in [0.29, 0.717) is 5.75 Å². The van der Waals surface area contributed by atoms with E-state index in [4.69, 9.17) is 27.0 Å². The average Bonchev–Trinajstić information content (AvgIpc) is 2.07. The number of aromatic hydroxyl groups is 1. The molecule has 0 unspecified atom stereocenters. The Hall–Kier alpha value is -1.62. The fourth-order valence-electron chi connectivity index (χ4n) is 0.821. The molecule has 0 aromatic heterocycles. The van der Waals surface area contributed by atoms with Gasteiger partial charge >= 0.3 is 0 Å². The molecule has 5 nitrogen and oxygen atoms in total. The van der Waals surface area contributed by atoms with Crippen LogP contribution in [0.4, 0.5) is 11.4 Å². The van der Waals surface area contributed by atoms with Crippen LogP contribution >= 0.6 is 0 Å². The fraction of sp³-hybridized carbons (Fsp3) is 0.143. The maximum atomic E-state index is 9.10. The van der Waals surface area contributed by atoms with Gasteiger partial charge in [-0.3, -0.25) is 5.73 Å². The minimum atomic E-state index is -0.0585. The van der Waals surface area contributed by atoms with Gasteiger partial charge in [-0.25, -0.2) is 0 Å². The highest BCUT2D eigenvalue weighted by Crippen LogP contribution is 2.34. The molecule has 1 aromatic rings. The quantitative estimate of drug-likeness (QED) is 0.280. The molecule has 0 aliphatic rings. The molecule has 5 heteroatoms. The Morgan fingerprint density at radius 2 is 1.92 bits per heavy atom. The zero-order valence-electron chi connectivity index (χ0n) is 6.45. The fourth-order valence-corrected chi connectivity index (χ4v) is 0.821. The molecule has 0 aliphatic heterocycles. The monoisotopic (exact) mass is 169 g/mol. The maximum Gasteiger partial charge on any atom is 0.146 e. The SMILES string of the molecule is NCOc1ccc(O)c(N)c1N. The van der Waals surface area contributed by atoms with Crippen LogP contribution in [-0.2, 0) is 0 Å². The average molecular weight is 169 g/mol. The Balaban J connectivity index is 3.08. The third kappa shape index (κ3) is 1.35. The molecule has 12 heavy (non-hydrogen) atoms. The van der Waals surface area contributed by atoms with Gasteiger partial charge in [0.05, 0.1) is 0 Å². The molecule has 0 aliphatic carbocycles. The number of nitrogen functional groups attached to an aromatic ring is 2. The summed E-state index contributed by atoms with van der Waals surface area (Å²) in [5.41, 5.74) is 16.4. The first-order valence-electron chi connectivity index (χ1n) is 3.36. The van der Waals surface area contributed by atoms with E-state index >= 15 is 0 Å². The van der Waals surface area contributed by atoms with Crippen LogP contribution in [0.15, 0.2) is 12.1 Å². The Labute approximate surface area is 69.7 Å². The highest BCUT2D eigenvalue weighted by molar-refractivity contribution is 5.76. The second kappa shape index (κ2) is 3.19. The molecule has 1 rings (SSSR count). The summed E-state index contributed by atoms with van der Waals surface area (Å²) in [6, 6.07) is 2.91. The number of phenols is 1. The van der Waals surface area contributed by atoms with E-state index in [9.17, 15) is 0 Å². The second-order valence-electron chi connectivity index (χ2n) is 2.22. The molecular formula is C7H11N3O2. The standard InChI is InChI=1S/C7H11N3O2/c8-3-12-5-2-1-4(11)6(9)7(5)10/h1-2,11H,3,8-10H2. The molecule has 0 fully saturated rings. The van der Waals surface area contributed by atoms with Crippen molar-refractivity contribution >= 4 is 11.4 Å². The third-order valence-electron chi connectivity index (χ3n) is 1.46. The molecule has 0 amide bonds. The van der Waals surface area contributed by atoms with E-state index in [1.165, 1.54) is 12.1 Å². The summed E-state index contributed by atoms with van der Waals surface area (Å²) in [5.74, 6) is 0.324. The first-order chi connectivity index (χ1) is 5.66. The smallest absolute Gasteiger partial charge is 0.146 e. The van der Waals surface area contributed by atoms with Gasteiger partial charge in [0, 0.05) is 0 Å². The Bertz CT molecular complexity index is 288. The molecule has 66 valence electrons. The summed E-state index contributed by atoms with van der Waals surface area (Å²) in [4.78, 5) is 0. The Kier molecular flexibility index (Phi) is 2.25. The minimum Gasteiger partial charge on any atom is -0.506 e. The van der Waals surface area contributed by atoms with Gasteiger partial charge in [0.2, 0.25) is 0 Å². The predicted octanol–water partition coefficient (Wildman–Crippen LogP) is -0.148. The molecular weight excluding hydrogens is 158 g/mol. The largest absolute Gasteiger partial charge is 0.506 e. The molecule has 1 aromatic carbocycles. The first kappa shape index (κ1) is 8.48. The van der Waals surface area contributed by atoms with Gasteiger partial charge in [-0.1, -0.05) is 0 Å². The molecule has 0 radical (unpaired) electrons. The van der Waals surface area contributed by atoms with Crippen molar-refractivity contribution < 1.29 is 9.84 Å². The zero-order valence-corrected chi connectivity index (χ0v) is 6.45. The van der Waals surface area contributed by atoms with E-state index in [1.54, 1.807) is 0 Å². The Morgan fingerprint density at radius 3 is 2.50 bits per heavy atom. The molecule has 0 atom stereocenters. The van der Waals surface area contributed by atoms with Crippen molar-refractivity contribution in [2.75, 3.05) is 18.2 Å². The maximum absolute atomic E-state index is 9.10. The highest BCUT2D eigenvalue weighted by atomic mass is 16.5. The van der Waals surface area contributed by atoms with Gasteiger partial charge in [-0.2, -0.15) is 0 Å². The van der Waals surface area contributed by atoms with E-state index < -0.39 is 0 Å². The topological polar surface area (TPSA) is 108 Å². The summed E-state index contributed by atoms with van der Waals surface area (Å²) in [5, 5.41) is 9.10. The van der Waals surface area contributed by atoms with Crippen LogP contribution in [0.3, 0.4) is 0 Å². The Morgan fingerprint density at radius 1 is 1.25 bits per heavy atom. The highest BCUT2D eigenvalue weighted by Gasteiger charge is 2.06. The number of anilines is 2. The van der Waals surface area contributed by atoms with Crippen LogP contribution < -0.4 is 21.9 Å². The minimum absolute atomic E-state index is 0.0222. The van der Waals surface area contributed by atoms with Crippen molar-refractivity contribution in [1.82, 2.24) is 0 Å². The second-order valence-corrected chi connectivity index (χ2v) is 2.22. The van der Waals surface area contributed by atoms with Crippen LogP contribution in [0.2, 0.25) is 0 Å². The van der Waals surface area contributed by atoms with E-state index in [2.05, 4.69) is 0 Å². The summed E-state index contributed by atoms with van der Waals surface area (Å²) >= 11 is 0. The first-order valence-corrected chi connectivity index (χ1v) is 3.36. The summed E-state index contributed by atoms with van der Waals surface area (Å²) in [6.07, 6.45) is 0. The van der Waals surface area contributed by atoms with Gasteiger partial charge in [0.25, 0.3) is 0 Å². The summed E-state index contributed by atoms with van der Waals surface area (Å²) < 4.78 is 4.93. The van der Waals surface area contributed by atoms with E-state index in [1.807, 2.05) is 0 Å². The van der Waals surface area contributed by atoms with Gasteiger partial charge in [0.15, 0.2) is 0 Å². The third-order valence-corrected chi connectivity index (χ3v) is 1.46. The van der Waals surface area contributed by atoms with Gasteiger partial charge < -0.3 is 21.3 Å². The lowest BCUT2D eigenvalue weighted by atomic mass is 10.2. The van der Waals surface area contributed by atoms with Crippen LogP contribution in [0, 0.1) is 0 Å². The molecule has 7 N–H and O–H groups in total. The normalized spacial score (nSPS) is 9.75.